The van der Waals surface area contributed by atoms with Crippen molar-refractivity contribution in [3.63, 3.8) is 0 Å². The SMILES string of the molecule is C=C1CC2COC(=O)C2(Cc2ccc(NC(=O)CC(C)C)cc2)C1. The van der Waals surface area contributed by atoms with Gasteiger partial charge >= 0.3 is 5.97 Å². The van der Waals surface area contributed by atoms with Crippen molar-refractivity contribution in [3.05, 3.63) is 42.0 Å². The lowest BCUT2D eigenvalue weighted by Gasteiger charge is -2.24. The molecule has 2 aliphatic rings. The summed E-state index contributed by atoms with van der Waals surface area (Å²) in [5.41, 5.74) is 2.60. The molecule has 2 fully saturated rings. The van der Waals surface area contributed by atoms with E-state index in [0.29, 0.717) is 25.4 Å². The number of cyclic esters (lactones) is 1. The molecule has 4 nitrogen and oxygen atoms in total. The molecule has 3 rings (SSSR count). The first-order chi connectivity index (χ1) is 11.4. The summed E-state index contributed by atoms with van der Waals surface area (Å²) >= 11 is 0. The van der Waals surface area contributed by atoms with Crippen LogP contribution in [0.25, 0.3) is 0 Å². The number of hydrogen-bond donors (Lipinski definition) is 1. The molecule has 1 aromatic carbocycles. The summed E-state index contributed by atoms with van der Waals surface area (Å²) in [6.07, 6.45) is 2.80. The van der Waals surface area contributed by atoms with E-state index in [1.807, 2.05) is 38.1 Å². The van der Waals surface area contributed by atoms with Gasteiger partial charge in [-0.2, -0.15) is 0 Å². The Labute approximate surface area is 143 Å². The molecule has 1 N–H and O–H groups in total. The fraction of sp³-hybridized carbons (Fsp3) is 0.500. The summed E-state index contributed by atoms with van der Waals surface area (Å²) in [6, 6.07) is 7.79. The number of benzene rings is 1. The average molecular weight is 327 g/mol. The number of anilines is 1. The standard InChI is InChI=1S/C20H25NO3/c1-13(2)8-18(22)21-17-6-4-15(5-7-17)11-20-10-14(3)9-16(20)12-24-19(20)23/h4-7,13,16H,3,8-12H2,1-2H3,(H,21,22). The Morgan fingerprint density at radius 1 is 1.38 bits per heavy atom. The van der Waals surface area contributed by atoms with E-state index in [2.05, 4.69) is 11.9 Å². The van der Waals surface area contributed by atoms with Crippen molar-refractivity contribution in [2.75, 3.05) is 11.9 Å². The lowest BCUT2D eigenvalue weighted by Crippen LogP contribution is -2.31. The molecule has 1 saturated heterocycles. The van der Waals surface area contributed by atoms with Gasteiger partial charge in [-0.3, -0.25) is 9.59 Å². The number of nitrogens with one attached hydrogen (secondary N) is 1. The number of fused-ring (bicyclic) bond motifs is 1. The molecular weight excluding hydrogens is 302 g/mol. The van der Waals surface area contributed by atoms with E-state index in [0.717, 1.165) is 29.7 Å². The predicted octanol–water partition coefficient (Wildman–Crippen LogP) is 3.72. The summed E-state index contributed by atoms with van der Waals surface area (Å²) in [5.74, 6) is 0.537. The largest absolute Gasteiger partial charge is 0.465 e. The molecule has 4 heteroatoms. The highest BCUT2D eigenvalue weighted by Crippen LogP contribution is 2.52. The van der Waals surface area contributed by atoms with E-state index in [1.54, 1.807) is 0 Å². The lowest BCUT2D eigenvalue weighted by atomic mass is 9.75. The van der Waals surface area contributed by atoms with Gasteiger partial charge in [0.25, 0.3) is 0 Å². The van der Waals surface area contributed by atoms with E-state index in [4.69, 9.17) is 4.74 Å². The zero-order valence-electron chi connectivity index (χ0n) is 14.4. The number of allylic oxidation sites excluding steroid dienone is 1. The number of carbonyl (C=O) groups is 2. The highest BCUT2D eigenvalue weighted by Gasteiger charge is 2.55. The van der Waals surface area contributed by atoms with Crippen LogP contribution in [-0.4, -0.2) is 18.5 Å². The van der Waals surface area contributed by atoms with Gasteiger partial charge in [-0.15, -0.1) is 0 Å². The molecule has 128 valence electrons. The minimum Gasteiger partial charge on any atom is -0.465 e. The van der Waals surface area contributed by atoms with Gasteiger partial charge in [-0.25, -0.2) is 0 Å². The van der Waals surface area contributed by atoms with Crippen molar-refractivity contribution >= 4 is 17.6 Å². The third-order valence-corrected chi connectivity index (χ3v) is 5.06. The molecule has 0 radical (unpaired) electrons. The number of ether oxygens (including phenoxy) is 1. The highest BCUT2D eigenvalue weighted by atomic mass is 16.5. The van der Waals surface area contributed by atoms with Crippen LogP contribution in [0.5, 0.6) is 0 Å². The number of rotatable bonds is 5. The topological polar surface area (TPSA) is 55.4 Å². The maximum Gasteiger partial charge on any atom is 0.313 e. The predicted molar refractivity (Wildman–Crippen MR) is 93.5 cm³/mol. The molecule has 1 aliphatic heterocycles. The van der Waals surface area contributed by atoms with Crippen LogP contribution in [0.3, 0.4) is 0 Å². The Hall–Kier alpha value is -2.10. The van der Waals surface area contributed by atoms with Gasteiger partial charge in [-0.1, -0.05) is 38.1 Å². The molecule has 1 heterocycles. The van der Waals surface area contributed by atoms with E-state index in [-0.39, 0.29) is 17.8 Å². The fourth-order valence-corrected chi connectivity index (χ4v) is 3.92. The molecule has 0 bridgehead atoms. The first-order valence-electron chi connectivity index (χ1n) is 8.62. The van der Waals surface area contributed by atoms with Crippen molar-refractivity contribution in [2.45, 2.75) is 39.5 Å². The van der Waals surface area contributed by atoms with Crippen LogP contribution in [0, 0.1) is 17.3 Å². The van der Waals surface area contributed by atoms with Crippen LogP contribution in [0.4, 0.5) is 5.69 Å². The molecular formula is C20H25NO3. The van der Waals surface area contributed by atoms with Crippen LogP contribution >= 0.6 is 0 Å². The van der Waals surface area contributed by atoms with Gasteiger partial charge < -0.3 is 10.1 Å². The van der Waals surface area contributed by atoms with Crippen molar-refractivity contribution in [3.8, 4) is 0 Å². The molecule has 0 aromatic heterocycles. The maximum atomic E-state index is 12.3. The van der Waals surface area contributed by atoms with Crippen molar-refractivity contribution in [2.24, 2.45) is 17.3 Å². The van der Waals surface area contributed by atoms with E-state index < -0.39 is 5.41 Å². The molecule has 1 aliphatic carbocycles. The van der Waals surface area contributed by atoms with Crippen molar-refractivity contribution < 1.29 is 14.3 Å². The van der Waals surface area contributed by atoms with Crippen LogP contribution < -0.4 is 5.32 Å². The van der Waals surface area contributed by atoms with Crippen molar-refractivity contribution in [1.29, 1.82) is 0 Å². The fourth-order valence-electron chi connectivity index (χ4n) is 3.92. The van der Waals surface area contributed by atoms with Crippen LogP contribution in [0.2, 0.25) is 0 Å². The molecule has 2 atom stereocenters. The Bertz CT molecular complexity index is 662. The molecule has 24 heavy (non-hydrogen) atoms. The molecule has 1 aromatic rings. The summed E-state index contributed by atoms with van der Waals surface area (Å²) in [6.45, 7) is 8.63. The van der Waals surface area contributed by atoms with Gasteiger partial charge in [0.2, 0.25) is 5.91 Å². The smallest absolute Gasteiger partial charge is 0.313 e. The second-order valence-corrected chi connectivity index (χ2v) is 7.60. The molecule has 2 unspecified atom stereocenters. The summed E-state index contributed by atoms with van der Waals surface area (Å²) in [7, 11) is 0. The zero-order valence-corrected chi connectivity index (χ0v) is 14.4. The first kappa shape index (κ1) is 16.7. The third kappa shape index (κ3) is 3.23. The second kappa shape index (κ2) is 6.42. The van der Waals surface area contributed by atoms with E-state index in [1.165, 1.54) is 0 Å². The number of carbonyl (C=O) groups excluding carboxylic acids is 2. The summed E-state index contributed by atoms with van der Waals surface area (Å²) in [4.78, 5) is 24.2. The number of amides is 1. The highest BCUT2D eigenvalue weighted by molar-refractivity contribution is 5.90. The molecule has 0 spiro atoms. The Kier molecular flexibility index (Phi) is 4.48. The van der Waals surface area contributed by atoms with Crippen LogP contribution in [0.1, 0.15) is 38.7 Å². The van der Waals surface area contributed by atoms with Gasteiger partial charge in [0, 0.05) is 18.0 Å². The maximum absolute atomic E-state index is 12.3. The van der Waals surface area contributed by atoms with Crippen LogP contribution in [-0.2, 0) is 20.7 Å². The van der Waals surface area contributed by atoms with Gasteiger partial charge in [0.05, 0.1) is 12.0 Å². The Morgan fingerprint density at radius 3 is 2.75 bits per heavy atom. The van der Waals surface area contributed by atoms with Gasteiger partial charge in [0.15, 0.2) is 0 Å². The van der Waals surface area contributed by atoms with Gasteiger partial charge in [-0.05, 0) is 42.9 Å². The Balaban J connectivity index is 1.69. The Morgan fingerprint density at radius 2 is 2.08 bits per heavy atom. The number of hydrogen-bond acceptors (Lipinski definition) is 3. The normalized spacial score (nSPS) is 25.7. The van der Waals surface area contributed by atoms with E-state index >= 15 is 0 Å². The van der Waals surface area contributed by atoms with Crippen molar-refractivity contribution in [1.82, 2.24) is 0 Å². The van der Waals surface area contributed by atoms with Crippen LogP contribution in [0.15, 0.2) is 36.4 Å². The second-order valence-electron chi connectivity index (χ2n) is 7.60. The molecule has 1 amide bonds. The van der Waals surface area contributed by atoms with E-state index in [9.17, 15) is 9.59 Å². The average Bonchev–Trinajstić information content (AvgIpc) is 2.96. The zero-order chi connectivity index (χ0) is 17.3. The summed E-state index contributed by atoms with van der Waals surface area (Å²) in [5, 5.41) is 2.91. The van der Waals surface area contributed by atoms with Gasteiger partial charge in [0.1, 0.15) is 0 Å². The molecule has 1 saturated carbocycles. The quantitative estimate of drug-likeness (QED) is 0.662. The minimum atomic E-state index is -0.431. The minimum absolute atomic E-state index is 0.0304. The summed E-state index contributed by atoms with van der Waals surface area (Å²) < 4.78 is 5.32. The monoisotopic (exact) mass is 327 g/mol. The lowest BCUT2D eigenvalue weighted by molar-refractivity contribution is -0.146. The number of esters is 1. The third-order valence-electron chi connectivity index (χ3n) is 5.06. The first-order valence-corrected chi connectivity index (χ1v) is 8.62.